The number of hydrogen-bond acceptors (Lipinski definition) is 5. The Morgan fingerprint density at radius 1 is 1.27 bits per heavy atom. The van der Waals surface area contributed by atoms with Crippen molar-refractivity contribution in [3.8, 4) is 0 Å². The van der Waals surface area contributed by atoms with Gasteiger partial charge < -0.3 is 15.5 Å². The molecule has 1 aliphatic rings. The predicted molar refractivity (Wildman–Crippen MR) is 91.8 cm³/mol. The Bertz CT molecular complexity index is 655. The van der Waals surface area contributed by atoms with E-state index in [4.69, 9.17) is 5.73 Å². The molecule has 0 saturated heterocycles. The molecule has 22 heavy (non-hydrogen) atoms. The highest BCUT2D eigenvalue weighted by Gasteiger charge is 2.24. The molecule has 3 rings (SSSR count). The van der Waals surface area contributed by atoms with E-state index in [0.717, 1.165) is 44.0 Å². The minimum atomic E-state index is 0.665. The Balaban J connectivity index is 1.93. The van der Waals surface area contributed by atoms with Crippen molar-refractivity contribution in [2.75, 3.05) is 35.7 Å². The van der Waals surface area contributed by atoms with Crippen LogP contribution in [0.1, 0.15) is 25.3 Å². The third-order valence-electron chi connectivity index (χ3n) is 4.19. The average molecular weight is 297 g/mol. The molecule has 2 N–H and O–H groups in total. The molecule has 0 fully saturated rings. The summed E-state index contributed by atoms with van der Waals surface area (Å²) in [7, 11) is 2.04. The summed E-state index contributed by atoms with van der Waals surface area (Å²) in [5.74, 6) is 1.64. The largest absolute Gasteiger partial charge is 0.393 e. The van der Waals surface area contributed by atoms with Crippen molar-refractivity contribution in [2.24, 2.45) is 0 Å². The average Bonchev–Trinajstić information content (AvgIpc) is 2.97. The van der Waals surface area contributed by atoms with Crippen LogP contribution >= 0.6 is 0 Å². The van der Waals surface area contributed by atoms with E-state index < -0.39 is 0 Å². The summed E-state index contributed by atoms with van der Waals surface area (Å²) in [5.41, 5.74) is 9.60. The number of rotatable bonds is 5. The summed E-state index contributed by atoms with van der Waals surface area (Å²) >= 11 is 0. The summed E-state index contributed by atoms with van der Waals surface area (Å²) in [6.07, 6.45) is 4.93. The number of nitrogen functional groups attached to an aromatic ring is 1. The number of para-hydroxylation sites is 1. The van der Waals surface area contributed by atoms with Crippen molar-refractivity contribution in [1.82, 2.24) is 9.97 Å². The second kappa shape index (κ2) is 6.22. The molecule has 1 aromatic heterocycles. The first-order valence-electron chi connectivity index (χ1n) is 7.89. The van der Waals surface area contributed by atoms with Gasteiger partial charge in [0.05, 0.1) is 0 Å². The number of unbranched alkanes of at least 4 members (excludes halogenated alkanes) is 1. The Kier molecular flexibility index (Phi) is 4.13. The van der Waals surface area contributed by atoms with Gasteiger partial charge in [-0.05, 0) is 24.5 Å². The van der Waals surface area contributed by atoms with Crippen LogP contribution < -0.4 is 15.5 Å². The van der Waals surface area contributed by atoms with Gasteiger partial charge >= 0.3 is 0 Å². The summed E-state index contributed by atoms with van der Waals surface area (Å²) in [5, 5.41) is 0. The highest BCUT2D eigenvalue weighted by atomic mass is 15.3. The highest BCUT2D eigenvalue weighted by Crippen LogP contribution is 2.38. The lowest BCUT2D eigenvalue weighted by atomic mass is 10.2. The van der Waals surface area contributed by atoms with Gasteiger partial charge in [-0.15, -0.1) is 0 Å². The normalized spacial score (nSPS) is 13.3. The number of benzene rings is 1. The number of anilines is 4. The minimum Gasteiger partial charge on any atom is -0.393 e. The van der Waals surface area contributed by atoms with Crippen LogP contribution in [-0.4, -0.2) is 30.1 Å². The second-order valence-corrected chi connectivity index (χ2v) is 5.74. The van der Waals surface area contributed by atoms with E-state index in [1.807, 2.05) is 7.05 Å². The Morgan fingerprint density at radius 3 is 2.91 bits per heavy atom. The molecular weight excluding hydrogens is 274 g/mol. The molecule has 5 nitrogen and oxygen atoms in total. The number of fused-ring (bicyclic) bond motifs is 1. The van der Waals surface area contributed by atoms with E-state index in [1.165, 1.54) is 11.3 Å². The molecule has 0 amide bonds. The number of nitrogens with two attached hydrogens (primary N) is 1. The van der Waals surface area contributed by atoms with Gasteiger partial charge in [0, 0.05) is 25.8 Å². The lowest BCUT2D eigenvalue weighted by Gasteiger charge is -2.24. The van der Waals surface area contributed by atoms with Crippen molar-refractivity contribution in [1.29, 1.82) is 0 Å². The third kappa shape index (κ3) is 2.58. The van der Waals surface area contributed by atoms with Crippen LogP contribution in [0.3, 0.4) is 0 Å². The van der Waals surface area contributed by atoms with Gasteiger partial charge in [0.1, 0.15) is 12.0 Å². The molecule has 0 spiro atoms. The van der Waals surface area contributed by atoms with Crippen molar-refractivity contribution in [3.63, 3.8) is 0 Å². The zero-order valence-electron chi connectivity index (χ0n) is 13.3. The van der Waals surface area contributed by atoms with Crippen LogP contribution in [0.4, 0.5) is 23.0 Å². The van der Waals surface area contributed by atoms with E-state index in [-0.39, 0.29) is 0 Å². The van der Waals surface area contributed by atoms with Gasteiger partial charge in [-0.3, -0.25) is 0 Å². The third-order valence-corrected chi connectivity index (χ3v) is 4.19. The molecule has 2 aromatic rings. The first kappa shape index (κ1) is 14.6. The second-order valence-electron chi connectivity index (χ2n) is 5.74. The summed E-state index contributed by atoms with van der Waals surface area (Å²) in [6, 6.07) is 8.43. The fourth-order valence-electron chi connectivity index (χ4n) is 2.96. The van der Waals surface area contributed by atoms with E-state index in [1.54, 1.807) is 6.33 Å². The van der Waals surface area contributed by atoms with Gasteiger partial charge in [0.15, 0.2) is 11.6 Å². The molecule has 5 heteroatoms. The maximum atomic E-state index is 6.38. The smallest absolute Gasteiger partial charge is 0.161 e. The zero-order valence-corrected chi connectivity index (χ0v) is 13.3. The van der Waals surface area contributed by atoms with Gasteiger partial charge in [-0.25, -0.2) is 9.97 Å². The first-order valence-corrected chi connectivity index (χ1v) is 7.89. The maximum absolute atomic E-state index is 6.38. The predicted octanol–water partition coefficient (Wildman–Crippen LogP) is 2.99. The lowest BCUT2D eigenvalue weighted by molar-refractivity contribution is 0.759. The van der Waals surface area contributed by atoms with Crippen LogP contribution in [-0.2, 0) is 6.42 Å². The van der Waals surface area contributed by atoms with Crippen molar-refractivity contribution in [2.45, 2.75) is 26.2 Å². The lowest BCUT2D eigenvalue weighted by Crippen LogP contribution is -2.23. The van der Waals surface area contributed by atoms with Crippen molar-refractivity contribution >= 4 is 23.0 Å². The van der Waals surface area contributed by atoms with Crippen molar-refractivity contribution in [3.05, 3.63) is 36.2 Å². The van der Waals surface area contributed by atoms with Crippen molar-refractivity contribution < 1.29 is 0 Å². The molecule has 1 aliphatic heterocycles. The molecular formula is C17H23N5. The van der Waals surface area contributed by atoms with Gasteiger partial charge in [0.2, 0.25) is 0 Å². The Labute approximate surface area is 131 Å². The molecule has 0 aliphatic carbocycles. The summed E-state index contributed by atoms with van der Waals surface area (Å²) < 4.78 is 0. The fraction of sp³-hybridized carbons (Fsp3) is 0.412. The van der Waals surface area contributed by atoms with Crippen LogP contribution in [0, 0.1) is 0 Å². The van der Waals surface area contributed by atoms with E-state index >= 15 is 0 Å². The molecule has 0 bridgehead atoms. The van der Waals surface area contributed by atoms with Crippen LogP contribution in [0.5, 0.6) is 0 Å². The number of aromatic nitrogens is 2. The molecule has 0 unspecified atom stereocenters. The Morgan fingerprint density at radius 2 is 2.09 bits per heavy atom. The topological polar surface area (TPSA) is 58.3 Å². The van der Waals surface area contributed by atoms with E-state index in [0.29, 0.717) is 5.69 Å². The molecule has 0 atom stereocenters. The zero-order chi connectivity index (χ0) is 15.5. The summed E-state index contributed by atoms with van der Waals surface area (Å²) in [6.45, 7) is 4.05. The van der Waals surface area contributed by atoms with Gasteiger partial charge in [-0.2, -0.15) is 0 Å². The number of hydrogen-bond donors (Lipinski definition) is 1. The monoisotopic (exact) mass is 297 g/mol. The molecule has 2 heterocycles. The van der Waals surface area contributed by atoms with E-state index in [9.17, 15) is 0 Å². The molecule has 116 valence electrons. The minimum absolute atomic E-state index is 0.665. The highest BCUT2D eigenvalue weighted by molar-refractivity contribution is 5.81. The number of nitrogens with zero attached hydrogens (tertiary/aromatic N) is 4. The van der Waals surface area contributed by atoms with Gasteiger partial charge in [-0.1, -0.05) is 31.5 Å². The SMILES string of the molecule is CCCCN(C)c1ncnc(N2CCc3ccccc32)c1N. The Hall–Kier alpha value is -2.30. The summed E-state index contributed by atoms with van der Waals surface area (Å²) in [4.78, 5) is 13.1. The van der Waals surface area contributed by atoms with Crippen LogP contribution in [0.2, 0.25) is 0 Å². The molecule has 0 saturated carbocycles. The first-order chi connectivity index (χ1) is 10.7. The quantitative estimate of drug-likeness (QED) is 0.919. The van der Waals surface area contributed by atoms with Crippen LogP contribution in [0.15, 0.2) is 30.6 Å². The molecule has 0 radical (unpaired) electrons. The van der Waals surface area contributed by atoms with Crippen LogP contribution in [0.25, 0.3) is 0 Å². The maximum Gasteiger partial charge on any atom is 0.161 e. The van der Waals surface area contributed by atoms with Gasteiger partial charge in [0.25, 0.3) is 0 Å². The standard InChI is InChI=1S/C17H23N5/c1-3-4-10-21(2)16-15(18)17(20-12-19-16)22-11-9-13-7-5-6-8-14(13)22/h5-8,12H,3-4,9-11,18H2,1-2H3. The fourth-order valence-corrected chi connectivity index (χ4v) is 2.96. The van der Waals surface area contributed by atoms with E-state index in [2.05, 4.69) is 51.0 Å². The molecule has 1 aromatic carbocycles.